The van der Waals surface area contributed by atoms with Crippen molar-refractivity contribution in [2.75, 3.05) is 32.8 Å². The van der Waals surface area contributed by atoms with Gasteiger partial charge in [0.1, 0.15) is 0 Å². The van der Waals surface area contributed by atoms with Crippen LogP contribution in [0.15, 0.2) is 0 Å². The van der Waals surface area contributed by atoms with Crippen molar-refractivity contribution >= 4 is 0 Å². The predicted molar refractivity (Wildman–Crippen MR) is 41.3 cm³/mol. The quantitative estimate of drug-likeness (QED) is 0.481. The average Bonchev–Trinajstić information content (AvgIpc) is 1.90. The molecule has 0 saturated carbocycles. The van der Waals surface area contributed by atoms with E-state index in [9.17, 15) is 0 Å². The summed E-state index contributed by atoms with van der Waals surface area (Å²) in [6.07, 6.45) is 0. The highest BCUT2D eigenvalue weighted by Crippen LogP contribution is 1.86. The molecule has 0 rings (SSSR count). The van der Waals surface area contributed by atoms with Crippen molar-refractivity contribution in [3.05, 3.63) is 0 Å². The molecule has 0 aliphatic heterocycles. The van der Waals surface area contributed by atoms with E-state index < -0.39 is 0 Å². The molecule has 0 fully saturated rings. The van der Waals surface area contributed by atoms with Crippen LogP contribution in [0.25, 0.3) is 0 Å². The lowest BCUT2D eigenvalue weighted by Gasteiger charge is -2.18. The molecule has 10 heavy (non-hydrogen) atoms. The minimum Gasteiger partial charge on any atom is -0.329 e. The van der Waals surface area contributed by atoms with Gasteiger partial charge < -0.3 is 11.5 Å². The second-order valence-electron chi connectivity index (χ2n) is 1.92. The largest absolute Gasteiger partial charge is 0.329 e. The highest BCUT2D eigenvalue weighted by Gasteiger charge is 1.99. The van der Waals surface area contributed by atoms with Gasteiger partial charge in [0.2, 0.25) is 0 Å². The molecule has 0 atom stereocenters. The van der Waals surface area contributed by atoms with Gasteiger partial charge in [0.25, 0.3) is 0 Å². The van der Waals surface area contributed by atoms with Crippen LogP contribution < -0.4 is 11.5 Å². The topological polar surface area (TPSA) is 64.5 Å². The van der Waals surface area contributed by atoms with Gasteiger partial charge in [-0.1, -0.05) is 0 Å². The molecular weight excluding hydrogens is 130 g/mol. The van der Waals surface area contributed by atoms with Crippen LogP contribution in [0.4, 0.5) is 0 Å². The number of nitrogens with two attached hydrogens (primary N) is 2. The standard InChI is InChI=1S/C6H17N3O/c1-2-10-9(5-3-7)6-4-8/h2-8H2,1H3. The molecule has 4 heteroatoms. The lowest BCUT2D eigenvalue weighted by atomic mass is 10.5. The molecule has 4 N–H and O–H groups in total. The summed E-state index contributed by atoms with van der Waals surface area (Å²) in [5.41, 5.74) is 10.7. The summed E-state index contributed by atoms with van der Waals surface area (Å²) < 4.78 is 0. The predicted octanol–water partition coefficient (Wildman–Crippen LogP) is -0.843. The molecule has 0 saturated heterocycles. The van der Waals surface area contributed by atoms with Crippen LogP contribution in [0.2, 0.25) is 0 Å². The van der Waals surface area contributed by atoms with Gasteiger partial charge in [0.05, 0.1) is 6.61 Å². The van der Waals surface area contributed by atoms with E-state index in [1.807, 2.05) is 6.92 Å². The third-order valence-electron chi connectivity index (χ3n) is 1.07. The SMILES string of the molecule is CCON(CCN)CCN. The Morgan fingerprint density at radius 1 is 1.20 bits per heavy atom. The smallest absolute Gasteiger partial charge is 0.0656 e. The summed E-state index contributed by atoms with van der Waals surface area (Å²) in [7, 11) is 0. The molecule has 0 aromatic carbocycles. The molecule has 0 heterocycles. The van der Waals surface area contributed by atoms with Crippen LogP contribution in [0.5, 0.6) is 0 Å². The molecule has 0 unspecified atom stereocenters. The maximum absolute atomic E-state index is 5.33. The Bertz CT molecular complexity index is 55.7. The lowest BCUT2D eigenvalue weighted by Crippen LogP contribution is -2.33. The van der Waals surface area contributed by atoms with Gasteiger partial charge in [-0.3, -0.25) is 4.84 Å². The Hall–Kier alpha value is -0.160. The van der Waals surface area contributed by atoms with Crippen LogP contribution in [-0.4, -0.2) is 37.8 Å². The summed E-state index contributed by atoms with van der Waals surface area (Å²) in [5.74, 6) is 0. The summed E-state index contributed by atoms with van der Waals surface area (Å²) in [6, 6.07) is 0. The first-order valence-corrected chi connectivity index (χ1v) is 3.63. The van der Waals surface area contributed by atoms with E-state index in [-0.39, 0.29) is 0 Å². The van der Waals surface area contributed by atoms with E-state index in [1.165, 1.54) is 0 Å². The Labute approximate surface area is 62.1 Å². The van der Waals surface area contributed by atoms with E-state index >= 15 is 0 Å². The fourth-order valence-electron chi connectivity index (χ4n) is 0.711. The van der Waals surface area contributed by atoms with Gasteiger partial charge in [-0.15, -0.1) is 0 Å². The zero-order valence-corrected chi connectivity index (χ0v) is 6.55. The third-order valence-corrected chi connectivity index (χ3v) is 1.07. The lowest BCUT2D eigenvalue weighted by molar-refractivity contribution is -0.150. The van der Waals surface area contributed by atoms with Gasteiger partial charge in [-0.25, -0.2) is 0 Å². The van der Waals surface area contributed by atoms with Crippen LogP contribution in [-0.2, 0) is 4.84 Å². The van der Waals surface area contributed by atoms with Crippen molar-refractivity contribution in [2.45, 2.75) is 6.92 Å². The third kappa shape index (κ3) is 4.69. The number of nitrogens with zero attached hydrogens (tertiary/aromatic N) is 1. The van der Waals surface area contributed by atoms with Crippen molar-refractivity contribution in [1.82, 2.24) is 5.06 Å². The van der Waals surface area contributed by atoms with Gasteiger partial charge in [-0.2, -0.15) is 5.06 Å². The Kier molecular flexibility index (Phi) is 6.84. The molecule has 0 aromatic heterocycles. The van der Waals surface area contributed by atoms with Crippen molar-refractivity contribution in [3.8, 4) is 0 Å². The maximum atomic E-state index is 5.33. The summed E-state index contributed by atoms with van der Waals surface area (Å²) in [5, 5.41) is 1.79. The molecule has 62 valence electrons. The van der Waals surface area contributed by atoms with Gasteiger partial charge in [0, 0.05) is 26.2 Å². The monoisotopic (exact) mass is 147 g/mol. The van der Waals surface area contributed by atoms with Crippen molar-refractivity contribution in [2.24, 2.45) is 11.5 Å². The second-order valence-corrected chi connectivity index (χ2v) is 1.92. The molecule has 0 aliphatic carbocycles. The fourth-order valence-corrected chi connectivity index (χ4v) is 0.711. The van der Waals surface area contributed by atoms with Crippen molar-refractivity contribution in [1.29, 1.82) is 0 Å². The van der Waals surface area contributed by atoms with Crippen LogP contribution in [0, 0.1) is 0 Å². The number of rotatable bonds is 6. The molecule has 0 radical (unpaired) electrons. The normalized spacial score (nSPS) is 10.8. The van der Waals surface area contributed by atoms with Gasteiger partial charge in [-0.05, 0) is 6.92 Å². The average molecular weight is 147 g/mol. The van der Waals surface area contributed by atoms with E-state index in [2.05, 4.69) is 0 Å². The summed E-state index contributed by atoms with van der Waals surface area (Å²) in [4.78, 5) is 5.20. The zero-order valence-electron chi connectivity index (χ0n) is 6.55. The fraction of sp³-hybridized carbons (Fsp3) is 1.00. The molecule has 0 aromatic rings. The van der Waals surface area contributed by atoms with Gasteiger partial charge in [0.15, 0.2) is 0 Å². The van der Waals surface area contributed by atoms with E-state index in [0.29, 0.717) is 19.7 Å². The number of hydrogen-bond donors (Lipinski definition) is 2. The minimum absolute atomic E-state index is 0.611. The molecular formula is C6H17N3O. The molecule has 4 nitrogen and oxygen atoms in total. The van der Waals surface area contributed by atoms with E-state index in [1.54, 1.807) is 5.06 Å². The first kappa shape index (κ1) is 9.84. The zero-order chi connectivity index (χ0) is 7.82. The van der Waals surface area contributed by atoms with Crippen LogP contribution >= 0.6 is 0 Å². The summed E-state index contributed by atoms with van der Waals surface area (Å²) in [6.45, 7) is 5.36. The van der Waals surface area contributed by atoms with Crippen molar-refractivity contribution < 1.29 is 4.84 Å². The maximum Gasteiger partial charge on any atom is 0.0656 e. The minimum atomic E-state index is 0.611. The number of hydroxylamine groups is 2. The Morgan fingerprint density at radius 2 is 1.70 bits per heavy atom. The first-order valence-electron chi connectivity index (χ1n) is 3.63. The van der Waals surface area contributed by atoms with Crippen LogP contribution in [0.1, 0.15) is 6.92 Å². The second kappa shape index (κ2) is 6.95. The van der Waals surface area contributed by atoms with E-state index in [4.69, 9.17) is 16.3 Å². The molecule has 0 aliphatic rings. The molecule has 0 bridgehead atoms. The number of hydrogen-bond acceptors (Lipinski definition) is 4. The molecule has 0 spiro atoms. The first-order chi connectivity index (χ1) is 4.85. The van der Waals surface area contributed by atoms with Crippen molar-refractivity contribution in [3.63, 3.8) is 0 Å². The van der Waals surface area contributed by atoms with E-state index in [0.717, 1.165) is 13.1 Å². The molecule has 0 amide bonds. The van der Waals surface area contributed by atoms with Crippen LogP contribution in [0.3, 0.4) is 0 Å². The highest BCUT2D eigenvalue weighted by atomic mass is 16.7. The highest BCUT2D eigenvalue weighted by molar-refractivity contribution is 4.46. The Balaban J connectivity index is 3.30. The van der Waals surface area contributed by atoms with Gasteiger partial charge >= 0.3 is 0 Å². The summed E-state index contributed by atoms with van der Waals surface area (Å²) >= 11 is 0. The Morgan fingerprint density at radius 3 is 2.00 bits per heavy atom.